The minimum Gasteiger partial charge on any atom is -0.321 e. The molecule has 5 heteroatoms. The Balaban J connectivity index is 1.81. The molecule has 0 spiro atoms. The maximum Gasteiger partial charge on any atom is 0.267 e. The Kier molecular flexibility index (Phi) is 3.78. The number of aryl methyl sites for hydroxylation is 1. The van der Waals surface area contributed by atoms with Crippen LogP contribution in [0.1, 0.15) is 26.4 Å². The minimum absolute atomic E-state index is 0.142. The quantitative estimate of drug-likeness (QED) is 0.890. The molecule has 0 saturated heterocycles. The van der Waals surface area contributed by atoms with Gasteiger partial charge in [-0.05, 0) is 54.1 Å². The SMILES string of the molecule is Cc1csc(C(=O)Nc2ccc3c(c2)CNCC3)c1Cl. The van der Waals surface area contributed by atoms with Crippen LogP contribution >= 0.6 is 22.9 Å². The lowest BCUT2D eigenvalue weighted by atomic mass is 10.0. The smallest absolute Gasteiger partial charge is 0.267 e. The van der Waals surface area contributed by atoms with Crippen molar-refractivity contribution < 1.29 is 4.79 Å². The fraction of sp³-hybridized carbons (Fsp3) is 0.267. The lowest BCUT2D eigenvalue weighted by Crippen LogP contribution is -2.23. The van der Waals surface area contributed by atoms with E-state index in [1.807, 2.05) is 24.4 Å². The van der Waals surface area contributed by atoms with Crippen LogP contribution in [0.2, 0.25) is 5.02 Å². The second kappa shape index (κ2) is 5.56. The van der Waals surface area contributed by atoms with Crippen LogP contribution in [0.25, 0.3) is 0 Å². The number of benzene rings is 1. The van der Waals surface area contributed by atoms with Gasteiger partial charge < -0.3 is 10.6 Å². The maximum atomic E-state index is 12.2. The third-order valence-corrected chi connectivity index (χ3v) is 5.15. The number of rotatable bonds is 2. The van der Waals surface area contributed by atoms with Crippen molar-refractivity contribution in [2.24, 2.45) is 0 Å². The van der Waals surface area contributed by atoms with Crippen LogP contribution in [-0.4, -0.2) is 12.5 Å². The number of hydrogen-bond donors (Lipinski definition) is 2. The van der Waals surface area contributed by atoms with Crippen LogP contribution in [0.3, 0.4) is 0 Å². The van der Waals surface area contributed by atoms with Crippen molar-refractivity contribution in [3.05, 3.63) is 50.2 Å². The van der Waals surface area contributed by atoms with Crippen molar-refractivity contribution in [1.82, 2.24) is 5.32 Å². The molecule has 20 heavy (non-hydrogen) atoms. The van der Waals surface area contributed by atoms with Gasteiger partial charge in [-0.2, -0.15) is 0 Å². The summed E-state index contributed by atoms with van der Waals surface area (Å²) in [5.41, 5.74) is 4.37. The van der Waals surface area contributed by atoms with Crippen LogP contribution in [0.15, 0.2) is 23.6 Å². The van der Waals surface area contributed by atoms with E-state index in [2.05, 4.69) is 16.7 Å². The highest BCUT2D eigenvalue weighted by Gasteiger charge is 2.16. The minimum atomic E-state index is -0.142. The molecule has 0 fully saturated rings. The highest BCUT2D eigenvalue weighted by atomic mass is 35.5. The Bertz CT molecular complexity index is 666. The Labute approximate surface area is 127 Å². The summed E-state index contributed by atoms with van der Waals surface area (Å²) < 4.78 is 0. The molecular weight excluding hydrogens is 292 g/mol. The van der Waals surface area contributed by atoms with E-state index in [0.717, 1.165) is 30.8 Å². The number of hydrogen-bond acceptors (Lipinski definition) is 3. The van der Waals surface area contributed by atoms with E-state index >= 15 is 0 Å². The van der Waals surface area contributed by atoms with Crippen molar-refractivity contribution >= 4 is 34.5 Å². The third kappa shape index (κ3) is 2.59. The van der Waals surface area contributed by atoms with E-state index in [4.69, 9.17) is 11.6 Å². The van der Waals surface area contributed by atoms with Crippen molar-refractivity contribution in [3.8, 4) is 0 Å². The zero-order valence-electron chi connectivity index (χ0n) is 11.1. The summed E-state index contributed by atoms with van der Waals surface area (Å²) >= 11 is 7.50. The number of thiophene rings is 1. The van der Waals surface area contributed by atoms with Crippen molar-refractivity contribution in [2.75, 3.05) is 11.9 Å². The molecule has 0 saturated carbocycles. The van der Waals surface area contributed by atoms with Gasteiger partial charge in [-0.15, -0.1) is 11.3 Å². The van der Waals surface area contributed by atoms with E-state index in [0.29, 0.717) is 9.90 Å². The van der Waals surface area contributed by atoms with E-state index < -0.39 is 0 Å². The summed E-state index contributed by atoms with van der Waals surface area (Å²) in [4.78, 5) is 12.8. The lowest BCUT2D eigenvalue weighted by molar-refractivity contribution is 0.103. The van der Waals surface area contributed by atoms with Crippen molar-refractivity contribution in [2.45, 2.75) is 19.9 Å². The summed E-state index contributed by atoms with van der Waals surface area (Å²) in [5, 5.41) is 8.70. The second-order valence-corrected chi connectivity index (χ2v) is 6.18. The molecule has 2 aromatic rings. The molecule has 0 aliphatic carbocycles. The fourth-order valence-electron chi connectivity index (χ4n) is 2.33. The number of fused-ring (bicyclic) bond motifs is 1. The molecule has 3 rings (SSSR count). The van der Waals surface area contributed by atoms with Gasteiger partial charge in [0.15, 0.2) is 0 Å². The standard InChI is InChI=1S/C15H15ClN2OS/c1-9-8-20-14(13(9)16)15(19)18-12-3-2-10-4-5-17-7-11(10)6-12/h2-3,6,8,17H,4-5,7H2,1H3,(H,18,19). The molecule has 0 radical (unpaired) electrons. The van der Waals surface area contributed by atoms with Crippen molar-refractivity contribution in [3.63, 3.8) is 0 Å². The first-order valence-corrected chi connectivity index (χ1v) is 7.78. The van der Waals surface area contributed by atoms with Gasteiger partial charge in [0.1, 0.15) is 4.88 Å². The largest absolute Gasteiger partial charge is 0.321 e. The van der Waals surface area contributed by atoms with Crippen LogP contribution in [0.4, 0.5) is 5.69 Å². The van der Waals surface area contributed by atoms with Crippen LogP contribution in [0, 0.1) is 6.92 Å². The van der Waals surface area contributed by atoms with Gasteiger partial charge in [-0.3, -0.25) is 4.79 Å². The molecule has 2 N–H and O–H groups in total. The molecule has 1 aliphatic heterocycles. The molecule has 2 heterocycles. The lowest BCUT2D eigenvalue weighted by Gasteiger charge is -2.18. The van der Waals surface area contributed by atoms with Crippen LogP contribution in [-0.2, 0) is 13.0 Å². The van der Waals surface area contributed by atoms with Gasteiger partial charge in [0.05, 0.1) is 5.02 Å². The Morgan fingerprint density at radius 2 is 2.25 bits per heavy atom. The molecule has 104 valence electrons. The van der Waals surface area contributed by atoms with Crippen LogP contribution in [0.5, 0.6) is 0 Å². The predicted molar refractivity (Wildman–Crippen MR) is 83.9 cm³/mol. The molecule has 0 atom stereocenters. The summed E-state index contributed by atoms with van der Waals surface area (Å²) in [7, 11) is 0. The number of amides is 1. The summed E-state index contributed by atoms with van der Waals surface area (Å²) in [6.07, 6.45) is 1.04. The summed E-state index contributed by atoms with van der Waals surface area (Å²) in [6.45, 7) is 3.78. The summed E-state index contributed by atoms with van der Waals surface area (Å²) in [6, 6.07) is 6.08. The highest BCUT2D eigenvalue weighted by Crippen LogP contribution is 2.28. The molecule has 3 nitrogen and oxygen atoms in total. The topological polar surface area (TPSA) is 41.1 Å². The Hall–Kier alpha value is -1.36. The number of carbonyl (C=O) groups excluding carboxylic acids is 1. The maximum absolute atomic E-state index is 12.2. The average molecular weight is 307 g/mol. The first-order valence-electron chi connectivity index (χ1n) is 6.52. The first kappa shape index (κ1) is 13.6. The van der Waals surface area contributed by atoms with Gasteiger partial charge >= 0.3 is 0 Å². The molecule has 0 unspecified atom stereocenters. The summed E-state index contributed by atoms with van der Waals surface area (Å²) in [5.74, 6) is -0.142. The van der Waals surface area contributed by atoms with Gasteiger partial charge in [0.25, 0.3) is 5.91 Å². The molecule has 1 amide bonds. The Morgan fingerprint density at radius 1 is 1.40 bits per heavy atom. The number of nitrogens with one attached hydrogen (secondary N) is 2. The fourth-order valence-corrected chi connectivity index (χ4v) is 3.50. The van der Waals surface area contributed by atoms with Gasteiger partial charge in [-0.1, -0.05) is 17.7 Å². The molecule has 0 bridgehead atoms. The van der Waals surface area contributed by atoms with E-state index in [9.17, 15) is 4.79 Å². The number of halogens is 1. The first-order chi connectivity index (χ1) is 9.65. The van der Waals surface area contributed by atoms with Crippen LogP contribution < -0.4 is 10.6 Å². The normalized spacial score (nSPS) is 13.9. The van der Waals surface area contributed by atoms with Crippen molar-refractivity contribution in [1.29, 1.82) is 0 Å². The highest BCUT2D eigenvalue weighted by molar-refractivity contribution is 7.13. The average Bonchev–Trinajstić information content (AvgIpc) is 2.79. The van der Waals surface area contributed by atoms with E-state index in [1.54, 1.807) is 0 Å². The van der Waals surface area contributed by atoms with E-state index in [-0.39, 0.29) is 5.91 Å². The Morgan fingerprint density at radius 3 is 3.00 bits per heavy atom. The molecule has 1 aromatic carbocycles. The molecular formula is C15H15ClN2OS. The van der Waals surface area contributed by atoms with E-state index in [1.165, 1.54) is 22.5 Å². The molecule has 1 aromatic heterocycles. The number of carbonyl (C=O) groups is 1. The monoisotopic (exact) mass is 306 g/mol. The number of anilines is 1. The van der Waals surface area contributed by atoms with Gasteiger partial charge in [0.2, 0.25) is 0 Å². The molecule has 1 aliphatic rings. The van der Waals surface area contributed by atoms with Gasteiger partial charge in [0, 0.05) is 12.2 Å². The van der Waals surface area contributed by atoms with Gasteiger partial charge in [-0.25, -0.2) is 0 Å². The third-order valence-electron chi connectivity index (χ3n) is 3.46. The zero-order valence-corrected chi connectivity index (χ0v) is 12.7. The predicted octanol–water partition coefficient (Wildman–Crippen LogP) is 3.61. The second-order valence-electron chi connectivity index (χ2n) is 4.93. The zero-order chi connectivity index (χ0) is 14.1.